The molecular formula is C16H24BNO2. The topological polar surface area (TPSA) is 30.5 Å². The van der Waals surface area contributed by atoms with Gasteiger partial charge in [0.1, 0.15) is 0 Å². The quantitative estimate of drug-likeness (QED) is 0.853. The molecule has 1 aromatic carbocycles. The fourth-order valence-corrected chi connectivity index (χ4v) is 2.15. The first kappa shape index (κ1) is 15.3. The number of hydrogen-bond donors (Lipinski definition) is 1. The minimum absolute atomic E-state index is 0.306. The second-order valence-corrected chi connectivity index (χ2v) is 6.18. The molecule has 1 heterocycles. The molecule has 1 saturated heterocycles. The Morgan fingerprint density at radius 3 is 2.30 bits per heavy atom. The van der Waals surface area contributed by atoms with Crippen molar-refractivity contribution in [2.24, 2.45) is 0 Å². The molecule has 0 aliphatic carbocycles. The number of rotatable bonds is 4. The van der Waals surface area contributed by atoms with Gasteiger partial charge in [0, 0.05) is 6.54 Å². The van der Waals surface area contributed by atoms with Gasteiger partial charge in [-0.05, 0) is 45.8 Å². The summed E-state index contributed by atoms with van der Waals surface area (Å²) in [6, 6.07) is 8.22. The highest BCUT2D eigenvalue weighted by Gasteiger charge is 2.52. The van der Waals surface area contributed by atoms with Crippen molar-refractivity contribution in [1.82, 2.24) is 5.32 Å². The molecule has 20 heavy (non-hydrogen) atoms. The van der Waals surface area contributed by atoms with Gasteiger partial charge in [0.05, 0.1) is 11.2 Å². The molecule has 0 atom stereocenters. The van der Waals surface area contributed by atoms with Gasteiger partial charge >= 0.3 is 7.12 Å². The highest BCUT2D eigenvalue weighted by atomic mass is 16.7. The van der Waals surface area contributed by atoms with Crippen LogP contribution in [0.1, 0.15) is 33.3 Å². The Bertz CT molecular complexity index is 481. The van der Waals surface area contributed by atoms with Gasteiger partial charge in [0.25, 0.3) is 0 Å². The van der Waals surface area contributed by atoms with Crippen LogP contribution >= 0.6 is 0 Å². The van der Waals surface area contributed by atoms with Crippen LogP contribution < -0.4 is 10.8 Å². The number of nitrogens with one attached hydrogen (secondary N) is 1. The third-order valence-corrected chi connectivity index (χ3v) is 4.12. The van der Waals surface area contributed by atoms with Crippen LogP contribution in [0.2, 0.25) is 0 Å². The molecule has 0 unspecified atom stereocenters. The van der Waals surface area contributed by atoms with Crippen molar-refractivity contribution in [3.8, 4) is 0 Å². The zero-order chi connectivity index (χ0) is 14.8. The van der Waals surface area contributed by atoms with E-state index in [9.17, 15) is 0 Å². The number of hydrogen-bond acceptors (Lipinski definition) is 3. The largest absolute Gasteiger partial charge is 0.495 e. The van der Waals surface area contributed by atoms with Crippen molar-refractivity contribution in [1.29, 1.82) is 0 Å². The summed E-state index contributed by atoms with van der Waals surface area (Å²) >= 11 is 0. The van der Waals surface area contributed by atoms with Crippen molar-refractivity contribution < 1.29 is 9.31 Å². The summed E-state index contributed by atoms with van der Waals surface area (Å²) in [5.74, 6) is 0. The Balaban J connectivity index is 2.26. The summed E-state index contributed by atoms with van der Waals surface area (Å²) in [6.45, 7) is 9.15. The Labute approximate surface area is 122 Å². The Morgan fingerprint density at radius 1 is 1.10 bits per heavy atom. The lowest BCUT2D eigenvalue weighted by Gasteiger charge is -2.32. The lowest BCUT2D eigenvalue weighted by atomic mass is 9.76. The molecule has 0 amide bonds. The third kappa shape index (κ3) is 2.98. The highest BCUT2D eigenvalue weighted by molar-refractivity contribution is 6.63. The van der Waals surface area contributed by atoms with Crippen LogP contribution in [0.5, 0.6) is 0 Å². The zero-order valence-corrected chi connectivity index (χ0v) is 13.1. The molecule has 1 aromatic rings. The monoisotopic (exact) mass is 273 g/mol. The number of likely N-dealkylation sites (N-methyl/N-ethyl adjacent to an activating group) is 1. The second kappa shape index (κ2) is 5.72. The van der Waals surface area contributed by atoms with Crippen molar-refractivity contribution in [2.45, 2.75) is 38.9 Å². The van der Waals surface area contributed by atoms with Crippen LogP contribution in [0, 0.1) is 0 Å². The molecule has 1 N–H and O–H groups in total. The van der Waals surface area contributed by atoms with E-state index < -0.39 is 0 Å². The van der Waals surface area contributed by atoms with Crippen LogP contribution in [0.4, 0.5) is 0 Å². The van der Waals surface area contributed by atoms with E-state index in [1.54, 1.807) is 0 Å². The van der Waals surface area contributed by atoms with E-state index in [2.05, 4.69) is 57.3 Å². The summed E-state index contributed by atoms with van der Waals surface area (Å²) in [5.41, 5.74) is 1.61. The standard InChI is InChI=1S/C16H24BNO2/c1-15(2)16(3,4)20-17(19-15)14-11-7-6-9-13(14)10-8-12-18-5/h6-11,18H,12H2,1-5H3. The van der Waals surface area contributed by atoms with Gasteiger partial charge in [-0.1, -0.05) is 36.4 Å². The molecule has 2 rings (SSSR count). The van der Waals surface area contributed by atoms with Crippen LogP contribution in [-0.4, -0.2) is 31.9 Å². The van der Waals surface area contributed by atoms with Gasteiger partial charge in [0.2, 0.25) is 0 Å². The average molecular weight is 273 g/mol. The average Bonchev–Trinajstić information content (AvgIpc) is 2.59. The van der Waals surface area contributed by atoms with E-state index in [4.69, 9.17) is 9.31 Å². The summed E-state index contributed by atoms with van der Waals surface area (Å²) in [5, 5.41) is 3.10. The van der Waals surface area contributed by atoms with E-state index in [0.29, 0.717) is 0 Å². The first-order valence-corrected chi connectivity index (χ1v) is 7.13. The van der Waals surface area contributed by atoms with E-state index in [0.717, 1.165) is 17.6 Å². The summed E-state index contributed by atoms with van der Waals surface area (Å²) < 4.78 is 12.3. The fourth-order valence-electron chi connectivity index (χ4n) is 2.15. The fraction of sp³-hybridized carbons (Fsp3) is 0.500. The van der Waals surface area contributed by atoms with E-state index in [1.165, 1.54) is 0 Å². The molecule has 0 spiro atoms. The smallest absolute Gasteiger partial charge is 0.399 e. The second-order valence-electron chi connectivity index (χ2n) is 6.18. The molecular weight excluding hydrogens is 249 g/mol. The molecule has 1 fully saturated rings. The Hall–Kier alpha value is -1.10. The van der Waals surface area contributed by atoms with Gasteiger partial charge in [-0.2, -0.15) is 0 Å². The minimum atomic E-state index is -0.310. The van der Waals surface area contributed by atoms with E-state index >= 15 is 0 Å². The first-order valence-electron chi connectivity index (χ1n) is 7.13. The molecule has 0 saturated carbocycles. The lowest BCUT2D eigenvalue weighted by molar-refractivity contribution is 0.00578. The van der Waals surface area contributed by atoms with Crippen molar-refractivity contribution in [3.63, 3.8) is 0 Å². The third-order valence-electron chi connectivity index (χ3n) is 4.12. The van der Waals surface area contributed by atoms with Gasteiger partial charge in [0.15, 0.2) is 0 Å². The predicted molar refractivity (Wildman–Crippen MR) is 85.1 cm³/mol. The molecule has 108 valence electrons. The number of benzene rings is 1. The maximum absolute atomic E-state index is 6.13. The lowest BCUT2D eigenvalue weighted by Crippen LogP contribution is -2.41. The van der Waals surface area contributed by atoms with Gasteiger partial charge in [-0.15, -0.1) is 0 Å². The molecule has 4 heteroatoms. The maximum atomic E-state index is 6.13. The van der Waals surface area contributed by atoms with Crippen molar-refractivity contribution in [2.75, 3.05) is 13.6 Å². The van der Waals surface area contributed by atoms with Gasteiger partial charge in [-0.3, -0.25) is 0 Å². The molecule has 1 aliphatic heterocycles. The first-order chi connectivity index (χ1) is 9.37. The van der Waals surface area contributed by atoms with E-state index in [1.807, 2.05) is 19.2 Å². The maximum Gasteiger partial charge on any atom is 0.495 e. The van der Waals surface area contributed by atoms with Crippen LogP contribution in [-0.2, 0) is 9.31 Å². The SMILES string of the molecule is CNCC=Cc1ccccc1B1OC(C)(C)C(C)(C)O1. The van der Waals surface area contributed by atoms with Crippen LogP contribution in [0.15, 0.2) is 30.3 Å². The van der Waals surface area contributed by atoms with Crippen LogP contribution in [0.3, 0.4) is 0 Å². The normalized spacial score (nSPS) is 20.8. The van der Waals surface area contributed by atoms with Crippen LogP contribution in [0.25, 0.3) is 6.08 Å². The van der Waals surface area contributed by atoms with Crippen molar-refractivity contribution >= 4 is 18.7 Å². The molecule has 3 nitrogen and oxygen atoms in total. The van der Waals surface area contributed by atoms with Gasteiger partial charge < -0.3 is 14.6 Å². The molecule has 1 aliphatic rings. The summed E-state index contributed by atoms with van der Waals surface area (Å²) in [4.78, 5) is 0. The molecule has 0 radical (unpaired) electrons. The predicted octanol–water partition coefficient (Wildman–Crippen LogP) is 2.22. The minimum Gasteiger partial charge on any atom is -0.399 e. The Morgan fingerprint density at radius 2 is 1.70 bits per heavy atom. The molecule has 0 bridgehead atoms. The summed E-state index contributed by atoms with van der Waals surface area (Å²) in [6.07, 6.45) is 4.21. The molecule has 0 aromatic heterocycles. The van der Waals surface area contributed by atoms with Gasteiger partial charge in [-0.25, -0.2) is 0 Å². The zero-order valence-electron chi connectivity index (χ0n) is 13.1. The summed E-state index contributed by atoms with van der Waals surface area (Å²) in [7, 11) is 1.63. The van der Waals surface area contributed by atoms with E-state index in [-0.39, 0.29) is 18.3 Å². The highest BCUT2D eigenvalue weighted by Crippen LogP contribution is 2.36. The Kier molecular flexibility index (Phi) is 4.38. The van der Waals surface area contributed by atoms with Crippen molar-refractivity contribution in [3.05, 3.63) is 35.9 Å².